The summed E-state index contributed by atoms with van der Waals surface area (Å²) in [5.41, 5.74) is 3.80. The lowest BCUT2D eigenvalue weighted by atomic mass is 10.0. The number of hydrogen-bond acceptors (Lipinski definition) is 3. The number of rotatable bonds is 4. The van der Waals surface area contributed by atoms with E-state index in [9.17, 15) is 9.18 Å². The van der Waals surface area contributed by atoms with Crippen molar-refractivity contribution in [2.45, 2.75) is 58.4 Å². The van der Waals surface area contributed by atoms with Crippen LogP contribution in [0.2, 0.25) is 0 Å². The number of nitrogens with one attached hydrogen (secondary N) is 1. The first kappa shape index (κ1) is 15.2. The maximum absolute atomic E-state index is 13.2. The van der Waals surface area contributed by atoms with Gasteiger partial charge in [0.25, 0.3) is 0 Å². The van der Waals surface area contributed by atoms with Gasteiger partial charge in [0.15, 0.2) is 0 Å². The molecule has 0 saturated carbocycles. The van der Waals surface area contributed by atoms with Gasteiger partial charge in [-0.15, -0.1) is 0 Å². The molecule has 0 spiro atoms. The van der Waals surface area contributed by atoms with Crippen molar-refractivity contribution in [1.82, 2.24) is 5.32 Å². The Labute approximate surface area is 96.7 Å². The highest BCUT2D eigenvalue weighted by atomic mass is 19.1. The molecule has 3 N–H and O–H groups in total. The van der Waals surface area contributed by atoms with Gasteiger partial charge in [-0.05, 0) is 41.0 Å². The number of alkyl halides is 1. The van der Waals surface area contributed by atoms with Crippen LogP contribution in [-0.2, 0) is 4.74 Å². The van der Waals surface area contributed by atoms with E-state index in [1.807, 2.05) is 0 Å². The molecule has 5 heteroatoms. The maximum Gasteiger partial charge on any atom is 0.407 e. The third-order valence-electron chi connectivity index (χ3n) is 1.66. The Morgan fingerprint density at radius 2 is 1.88 bits per heavy atom. The molecule has 4 nitrogen and oxygen atoms in total. The van der Waals surface area contributed by atoms with E-state index in [0.29, 0.717) is 0 Å². The minimum Gasteiger partial charge on any atom is -0.444 e. The number of ether oxygens (including phenoxy) is 1. The van der Waals surface area contributed by atoms with Crippen LogP contribution < -0.4 is 11.1 Å². The van der Waals surface area contributed by atoms with E-state index in [4.69, 9.17) is 10.5 Å². The molecule has 0 heterocycles. The van der Waals surface area contributed by atoms with Crippen molar-refractivity contribution in [3.05, 3.63) is 0 Å². The monoisotopic (exact) mass is 234 g/mol. The van der Waals surface area contributed by atoms with Gasteiger partial charge >= 0.3 is 6.09 Å². The number of carbonyl (C=O) groups excluding carboxylic acids is 1. The van der Waals surface area contributed by atoms with Crippen molar-refractivity contribution >= 4 is 6.09 Å². The van der Waals surface area contributed by atoms with Gasteiger partial charge < -0.3 is 15.8 Å². The van der Waals surface area contributed by atoms with Gasteiger partial charge in [-0.2, -0.15) is 0 Å². The molecule has 0 saturated heterocycles. The molecule has 0 aliphatic carbocycles. The fourth-order valence-electron chi connectivity index (χ4n) is 1.22. The summed E-state index contributed by atoms with van der Waals surface area (Å²) in [7, 11) is 0. The summed E-state index contributed by atoms with van der Waals surface area (Å²) in [6.45, 7) is 8.45. The second-order valence-corrected chi connectivity index (χ2v) is 5.57. The largest absolute Gasteiger partial charge is 0.444 e. The zero-order valence-electron chi connectivity index (χ0n) is 10.8. The molecule has 1 unspecified atom stereocenters. The SMILES string of the molecule is CC(C)(F)CC(N)CNC(=O)OC(C)(C)C. The number of carbonyl (C=O) groups is 1. The van der Waals surface area contributed by atoms with Gasteiger partial charge in [0.2, 0.25) is 0 Å². The summed E-state index contributed by atoms with van der Waals surface area (Å²) >= 11 is 0. The molecule has 96 valence electrons. The maximum atomic E-state index is 13.2. The molecule has 0 fully saturated rings. The first-order valence-electron chi connectivity index (χ1n) is 5.41. The van der Waals surface area contributed by atoms with Crippen LogP contribution >= 0.6 is 0 Å². The molecular formula is C11H23FN2O2. The molecule has 0 aliphatic heterocycles. The molecule has 0 bridgehead atoms. The predicted molar refractivity (Wildman–Crippen MR) is 62.0 cm³/mol. The van der Waals surface area contributed by atoms with Crippen LogP contribution in [0.1, 0.15) is 41.0 Å². The van der Waals surface area contributed by atoms with Crippen molar-refractivity contribution in [3.63, 3.8) is 0 Å². The molecule has 0 radical (unpaired) electrons. The normalized spacial score (nSPS) is 14.4. The van der Waals surface area contributed by atoms with Crippen LogP contribution in [0.15, 0.2) is 0 Å². The molecule has 0 aromatic rings. The van der Waals surface area contributed by atoms with E-state index in [-0.39, 0.29) is 13.0 Å². The van der Waals surface area contributed by atoms with Gasteiger partial charge in [-0.25, -0.2) is 9.18 Å². The highest BCUT2D eigenvalue weighted by molar-refractivity contribution is 5.67. The summed E-state index contributed by atoms with van der Waals surface area (Å²) in [6.07, 6.45) is -0.331. The Balaban J connectivity index is 3.85. The van der Waals surface area contributed by atoms with Crippen molar-refractivity contribution in [3.8, 4) is 0 Å². The molecule has 0 aliphatic rings. The van der Waals surface area contributed by atoms with Crippen LogP contribution in [0.3, 0.4) is 0 Å². The van der Waals surface area contributed by atoms with E-state index in [1.165, 1.54) is 13.8 Å². The fourth-order valence-corrected chi connectivity index (χ4v) is 1.22. The minimum absolute atomic E-state index is 0.197. The summed E-state index contributed by atoms with van der Waals surface area (Å²) in [5, 5.41) is 2.51. The first-order chi connectivity index (χ1) is 6.99. The Morgan fingerprint density at radius 3 is 2.25 bits per heavy atom. The van der Waals surface area contributed by atoms with Gasteiger partial charge in [0.05, 0.1) is 0 Å². The van der Waals surface area contributed by atoms with E-state index in [2.05, 4.69) is 5.32 Å². The fraction of sp³-hybridized carbons (Fsp3) is 0.909. The quantitative estimate of drug-likeness (QED) is 0.781. The van der Waals surface area contributed by atoms with Crippen LogP contribution in [0, 0.1) is 0 Å². The Kier molecular flexibility index (Phi) is 5.19. The lowest BCUT2D eigenvalue weighted by Crippen LogP contribution is -2.42. The van der Waals surface area contributed by atoms with Crippen LogP contribution in [-0.4, -0.2) is 29.9 Å². The molecular weight excluding hydrogens is 211 g/mol. The molecule has 0 aromatic heterocycles. The van der Waals surface area contributed by atoms with Crippen molar-refractivity contribution in [2.75, 3.05) is 6.54 Å². The molecule has 1 atom stereocenters. The van der Waals surface area contributed by atoms with E-state index in [1.54, 1.807) is 20.8 Å². The lowest BCUT2D eigenvalue weighted by Gasteiger charge is -2.22. The molecule has 0 rings (SSSR count). The number of amides is 1. The Hall–Kier alpha value is -0.840. The topological polar surface area (TPSA) is 64.3 Å². The zero-order valence-corrected chi connectivity index (χ0v) is 10.8. The van der Waals surface area contributed by atoms with Gasteiger partial charge in [-0.3, -0.25) is 0 Å². The molecule has 0 aromatic carbocycles. The van der Waals surface area contributed by atoms with Crippen molar-refractivity contribution in [2.24, 2.45) is 5.73 Å². The standard InChI is InChI=1S/C11H23FN2O2/c1-10(2,3)16-9(15)14-7-8(13)6-11(4,5)12/h8H,6-7,13H2,1-5H3,(H,14,15). The smallest absolute Gasteiger partial charge is 0.407 e. The van der Waals surface area contributed by atoms with E-state index >= 15 is 0 Å². The second-order valence-electron chi connectivity index (χ2n) is 5.57. The third-order valence-corrected chi connectivity index (χ3v) is 1.66. The number of alkyl carbamates (subject to hydrolysis) is 1. The number of nitrogens with two attached hydrogens (primary N) is 1. The van der Waals surface area contributed by atoms with Crippen molar-refractivity contribution < 1.29 is 13.9 Å². The highest BCUT2D eigenvalue weighted by Crippen LogP contribution is 2.14. The van der Waals surface area contributed by atoms with Gasteiger partial charge in [0, 0.05) is 12.6 Å². The van der Waals surface area contributed by atoms with Crippen LogP contribution in [0.4, 0.5) is 9.18 Å². The highest BCUT2D eigenvalue weighted by Gasteiger charge is 2.21. The zero-order chi connectivity index (χ0) is 13.0. The molecule has 16 heavy (non-hydrogen) atoms. The number of halogens is 1. The van der Waals surface area contributed by atoms with Crippen molar-refractivity contribution in [1.29, 1.82) is 0 Å². The Bertz CT molecular complexity index is 231. The Morgan fingerprint density at radius 1 is 1.38 bits per heavy atom. The van der Waals surface area contributed by atoms with Gasteiger partial charge in [-0.1, -0.05) is 0 Å². The minimum atomic E-state index is -1.32. The summed E-state index contributed by atoms with van der Waals surface area (Å²) in [4.78, 5) is 11.2. The summed E-state index contributed by atoms with van der Waals surface area (Å²) in [6, 6.07) is -0.410. The molecule has 1 amide bonds. The second kappa shape index (κ2) is 5.48. The average molecular weight is 234 g/mol. The average Bonchev–Trinajstić information content (AvgIpc) is 1.94. The van der Waals surface area contributed by atoms with Crippen LogP contribution in [0.25, 0.3) is 0 Å². The number of hydrogen-bond donors (Lipinski definition) is 2. The summed E-state index contributed by atoms with van der Waals surface area (Å²) in [5.74, 6) is 0. The third kappa shape index (κ3) is 9.71. The van der Waals surface area contributed by atoms with E-state index < -0.39 is 23.4 Å². The van der Waals surface area contributed by atoms with Gasteiger partial charge in [0.1, 0.15) is 11.3 Å². The summed E-state index contributed by atoms with van der Waals surface area (Å²) < 4.78 is 18.2. The van der Waals surface area contributed by atoms with Crippen LogP contribution in [0.5, 0.6) is 0 Å². The van der Waals surface area contributed by atoms with E-state index in [0.717, 1.165) is 0 Å². The first-order valence-corrected chi connectivity index (χ1v) is 5.41. The lowest BCUT2D eigenvalue weighted by molar-refractivity contribution is 0.0519. The predicted octanol–water partition coefficient (Wildman–Crippen LogP) is 1.98.